The van der Waals surface area contributed by atoms with Crippen LogP contribution in [0.3, 0.4) is 0 Å². The highest BCUT2D eigenvalue weighted by Gasteiger charge is 2.06. The van der Waals surface area contributed by atoms with Gasteiger partial charge in [0.25, 0.3) is 0 Å². The summed E-state index contributed by atoms with van der Waals surface area (Å²) in [7, 11) is 0. The normalized spacial score (nSPS) is 10.7. The number of rotatable bonds is 3. The minimum absolute atomic E-state index is 0.387. The third-order valence-corrected chi connectivity index (χ3v) is 3.39. The van der Waals surface area contributed by atoms with E-state index in [1.54, 1.807) is 6.20 Å². The molecule has 2 N–H and O–H groups in total. The van der Waals surface area contributed by atoms with Crippen molar-refractivity contribution in [3.63, 3.8) is 0 Å². The van der Waals surface area contributed by atoms with Crippen molar-refractivity contribution in [2.45, 2.75) is 6.54 Å². The fourth-order valence-corrected chi connectivity index (χ4v) is 2.31. The van der Waals surface area contributed by atoms with Crippen molar-refractivity contribution in [1.29, 1.82) is 0 Å². The Bertz CT molecular complexity index is 758. The second kappa shape index (κ2) is 5.49. The van der Waals surface area contributed by atoms with Gasteiger partial charge in [-0.2, -0.15) is 0 Å². The summed E-state index contributed by atoms with van der Waals surface area (Å²) < 4.78 is 5.93. The molecule has 0 bridgehead atoms. The van der Waals surface area contributed by atoms with Crippen LogP contribution in [0.1, 0.15) is 5.69 Å². The van der Waals surface area contributed by atoms with Gasteiger partial charge in [-0.15, -0.1) is 0 Å². The largest absolute Gasteiger partial charge is 0.457 e. The van der Waals surface area contributed by atoms with Gasteiger partial charge in [0.1, 0.15) is 11.5 Å². The molecule has 3 nitrogen and oxygen atoms in total. The Morgan fingerprint density at radius 1 is 1.05 bits per heavy atom. The number of benzene rings is 2. The molecule has 0 aliphatic rings. The molecule has 100 valence electrons. The lowest BCUT2D eigenvalue weighted by atomic mass is 10.1. The maximum Gasteiger partial charge on any atom is 0.135 e. The van der Waals surface area contributed by atoms with Gasteiger partial charge in [0, 0.05) is 34.6 Å². The molecule has 0 fully saturated rings. The molecule has 0 spiro atoms. The highest BCUT2D eigenvalue weighted by molar-refractivity contribution is 6.35. The van der Waals surface area contributed by atoms with Gasteiger partial charge in [-0.3, -0.25) is 4.98 Å². The highest BCUT2D eigenvalue weighted by atomic mass is 35.5. The standard InChI is InChI=1S/C16H13ClN2O/c17-15-5-6-16(14-4-2-1-3-13(14)15)20-12-7-8-19-11(9-12)10-18/h1-9H,10,18H2. The van der Waals surface area contributed by atoms with Crippen molar-refractivity contribution in [1.82, 2.24) is 4.98 Å². The first-order valence-corrected chi connectivity index (χ1v) is 6.66. The first kappa shape index (κ1) is 12.9. The molecule has 20 heavy (non-hydrogen) atoms. The minimum Gasteiger partial charge on any atom is -0.457 e. The molecule has 0 aliphatic carbocycles. The number of ether oxygens (including phenoxy) is 1. The monoisotopic (exact) mass is 284 g/mol. The number of aromatic nitrogens is 1. The zero-order valence-corrected chi connectivity index (χ0v) is 11.5. The molecular formula is C16H13ClN2O. The van der Waals surface area contributed by atoms with Crippen LogP contribution in [0.5, 0.6) is 11.5 Å². The van der Waals surface area contributed by atoms with E-state index in [-0.39, 0.29) is 0 Å². The van der Waals surface area contributed by atoms with Crippen LogP contribution < -0.4 is 10.5 Å². The van der Waals surface area contributed by atoms with E-state index in [1.807, 2.05) is 48.5 Å². The second-order valence-corrected chi connectivity index (χ2v) is 4.79. The predicted octanol–water partition coefficient (Wildman–Crippen LogP) is 4.14. The Morgan fingerprint density at radius 3 is 2.65 bits per heavy atom. The third kappa shape index (κ3) is 2.46. The Morgan fingerprint density at radius 2 is 1.85 bits per heavy atom. The average Bonchev–Trinajstić information content (AvgIpc) is 2.51. The van der Waals surface area contributed by atoms with Crippen LogP contribution in [0, 0.1) is 0 Å². The lowest BCUT2D eigenvalue weighted by Gasteiger charge is -2.10. The molecule has 0 aliphatic heterocycles. The summed E-state index contributed by atoms with van der Waals surface area (Å²) >= 11 is 6.20. The van der Waals surface area contributed by atoms with Gasteiger partial charge in [-0.1, -0.05) is 35.9 Å². The molecule has 0 atom stereocenters. The molecule has 3 rings (SSSR count). The molecule has 1 heterocycles. The number of pyridine rings is 1. The number of halogens is 1. The van der Waals surface area contributed by atoms with Crippen LogP contribution in [0.2, 0.25) is 5.02 Å². The van der Waals surface area contributed by atoms with Crippen LogP contribution in [0.4, 0.5) is 0 Å². The molecule has 0 saturated carbocycles. The second-order valence-electron chi connectivity index (χ2n) is 4.38. The van der Waals surface area contributed by atoms with Crippen LogP contribution in [0.15, 0.2) is 54.7 Å². The van der Waals surface area contributed by atoms with Crippen LogP contribution >= 0.6 is 11.6 Å². The van der Waals surface area contributed by atoms with Crippen molar-refractivity contribution in [2.75, 3.05) is 0 Å². The Hall–Kier alpha value is -2.10. The summed E-state index contributed by atoms with van der Waals surface area (Å²) in [5.41, 5.74) is 6.38. The topological polar surface area (TPSA) is 48.1 Å². The van der Waals surface area contributed by atoms with Gasteiger partial charge in [-0.25, -0.2) is 0 Å². The first-order valence-electron chi connectivity index (χ1n) is 6.28. The van der Waals surface area contributed by atoms with Crippen LogP contribution in [-0.4, -0.2) is 4.98 Å². The van der Waals surface area contributed by atoms with Crippen LogP contribution in [0.25, 0.3) is 10.8 Å². The van der Waals surface area contributed by atoms with E-state index in [2.05, 4.69) is 4.98 Å². The summed E-state index contributed by atoms with van der Waals surface area (Å²) in [5.74, 6) is 1.48. The zero-order valence-electron chi connectivity index (χ0n) is 10.7. The fraction of sp³-hybridized carbons (Fsp3) is 0.0625. The number of hydrogen-bond acceptors (Lipinski definition) is 3. The summed E-state index contributed by atoms with van der Waals surface area (Å²) in [6.45, 7) is 0.387. The van der Waals surface area contributed by atoms with Crippen molar-refractivity contribution in [2.24, 2.45) is 5.73 Å². The van der Waals surface area contributed by atoms with Crippen molar-refractivity contribution < 1.29 is 4.74 Å². The summed E-state index contributed by atoms with van der Waals surface area (Å²) in [6, 6.07) is 15.2. The molecule has 3 aromatic rings. The molecule has 0 radical (unpaired) electrons. The fourth-order valence-electron chi connectivity index (χ4n) is 2.08. The molecule has 0 amide bonds. The number of hydrogen-bond donors (Lipinski definition) is 1. The number of nitrogens with zero attached hydrogens (tertiary/aromatic N) is 1. The third-order valence-electron chi connectivity index (χ3n) is 3.06. The van der Waals surface area contributed by atoms with Gasteiger partial charge in [-0.05, 0) is 18.2 Å². The van der Waals surface area contributed by atoms with Crippen molar-refractivity contribution in [3.05, 3.63) is 65.4 Å². The molecule has 1 aromatic heterocycles. The zero-order chi connectivity index (χ0) is 13.9. The number of fused-ring (bicyclic) bond motifs is 1. The van der Waals surface area contributed by atoms with Gasteiger partial charge < -0.3 is 10.5 Å². The van der Waals surface area contributed by atoms with Gasteiger partial charge in [0.15, 0.2) is 0 Å². The first-order chi connectivity index (χ1) is 9.78. The quantitative estimate of drug-likeness (QED) is 0.786. The smallest absolute Gasteiger partial charge is 0.135 e. The van der Waals surface area contributed by atoms with Crippen molar-refractivity contribution in [3.8, 4) is 11.5 Å². The maximum absolute atomic E-state index is 6.20. The summed E-state index contributed by atoms with van der Waals surface area (Å²) in [5, 5.41) is 2.66. The van der Waals surface area contributed by atoms with Crippen LogP contribution in [-0.2, 0) is 6.54 Å². The lowest BCUT2D eigenvalue weighted by Crippen LogP contribution is -1.99. The number of nitrogens with two attached hydrogens (primary N) is 1. The molecule has 4 heteroatoms. The molecule has 2 aromatic carbocycles. The van der Waals surface area contributed by atoms with E-state index >= 15 is 0 Å². The van der Waals surface area contributed by atoms with Gasteiger partial charge >= 0.3 is 0 Å². The van der Waals surface area contributed by atoms with E-state index in [1.165, 1.54) is 0 Å². The van der Waals surface area contributed by atoms with E-state index in [9.17, 15) is 0 Å². The molecule has 0 saturated heterocycles. The van der Waals surface area contributed by atoms with E-state index in [0.717, 1.165) is 22.2 Å². The maximum atomic E-state index is 6.20. The van der Waals surface area contributed by atoms with E-state index < -0.39 is 0 Å². The van der Waals surface area contributed by atoms with Crippen molar-refractivity contribution >= 4 is 22.4 Å². The molecular weight excluding hydrogens is 272 g/mol. The minimum atomic E-state index is 0.387. The highest BCUT2D eigenvalue weighted by Crippen LogP contribution is 2.33. The Balaban J connectivity index is 2.04. The lowest BCUT2D eigenvalue weighted by molar-refractivity contribution is 0.486. The summed E-state index contributed by atoms with van der Waals surface area (Å²) in [6.07, 6.45) is 1.69. The van der Waals surface area contributed by atoms with Gasteiger partial charge in [0.2, 0.25) is 0 Å². The Kier molecular flexibility index (Phi) is 3.54. The summed E-state index contributed by atoms with van der Waals surface area (Å²) in [4.78, 5) is 4.15. The SMILES string of the molecule is NCc1cc(Oc2ccc(Cl)c3ccccc23)ccn1. The average molecular weight is 285 g/mol. The van der Waals surface area contributed by atoms with E-state index in [0.29, 0.717) is 17.3 Å². The van der Waals surface area contributed by atoms with Gasteiger partial charge in [0.05, 0.1) is 5.69 Å². The molecule has 0 unspecified atom stereocenters. The Labute approximate surface area is 122 Å². The van der Waals surface area contributed by atoms with E-state index in [4.69, 9.17) is 22.1 Å². The predicted molar refractivity (Wildman–Crippen MR) is 81.2 cm³/mol.